The Labute approximate surface area is 128 Å². The second-order valence-electron chi connectivity index (χ2n) is 6.79. The fourth-order valence-corrected chi connectivity index (χ4v) is 2.81. The maximum absolute atomic E-state index is 12.4. The van der Waals surface area contributed by atoms with Crippen LogP contribution in [0, 0.1) is 5.92 Å². The average molecular weight is 298 g/mol. The predicted molar refractivity (Wildman–Crippen MR) is 83.1 cm³/mol. The Morgan fingerprint density at radius 2 is 2.00 bits per heavy atom. The lowest BCUT2D eigenvalue weighted by molar-refractivity contribution is -0.148. The standard InChI is InChI=1S/C16H30N2O3/c1-6-12-8-9-18(13(10-12)15(20)21)11(3)14(19)17-16(4,5)7-2/h11-13H,6-10H2,1-5H3,(H,17,19)(H,20,21). The third-order valence-corrected chi connectivity index (χ3v) is 4.84. The first-order valence-corrected chi connectivity index (χ1v) is 8.02. The second kappa shape index (κ2) is 7.25. The predicted octanol–water partition coefficient (Wildman–Crippen LogP) is 2.25. The zero-order valence-electron chi connectivity index (χ0n) is 14.0. The minimum Gasteiger partial charge on any atom is -0.480 e. The Balaban J connectivity index is 2.77. The zero-order chi connectivity index (χ0) is 16.2. The van der Waals surface area contributed by atoms with Crippen molar-refractivity contribution in [2.24, 2.45) is 5.92 Å². The highest BCUT2D eigenvalue weighted by Crippen LogP contribution is 2.27. The van der Waals surface area contributed by atoms with Gasteiger partial charge in [0.15, 0.2) is 0 Å². The molecule has 0 bridgehead atoms. The Morgan fingerprint density at radius 3 is 2.48 bits per heavy atom. The fourth-order valence-electron chi connectivity index (χ4n) is 2.81. The number of carbonyl (C=O) groups excluding carboxylic acids is 1. The first-order chi connectivity index (χ1) is 9.71. The molecule has 1 amide bonds. The number of carboxylic acid groups (broad SMARTS) is 1. The van der Waals surface area contributed by atoms with E-state index >= 15 is 0 Å². The van der Waals surface area contributed by atoms with E-state index in [9.17, 15) is 14.7 Å². The Morgan fingerprint density at radius 1 is 1.38 bits per heavy atom. The minimum absolute atomic E-state index is 0.0805. The third-order valence-electron chi connectivity index (χ3n) is 4.84. The molecule has 0 aliphatic carbocycles. The topological polar surface area (TPSA) is 69.6 Å². The van der Waals surface area contributed by atoms with Crippen LogP contribution in [0.1, 0.15) is 60.3 Å². The summed E-state index contributed by atoms with van der Waals surface area (Å²) in [6.07, 6.45) is 3.45. The van der Waals surface area contributed by atoms with Crippen molar-refractivity contribution in [3.05, 3.63) is 0 Å². The van der Waals surface area contributed by atoms with Crippen LogP contribution in [0.15, 0.2) is 0 Å². The summed E-state index contributed by atoms with van der Waals surface area (Å²) in [5.41, 5.74) is -0.258. The van der Waals surface area contributed by atoms with E-state index in [1.165, 1.54) is 0 Å². The van der Waals surface area contributed by atoms with Gasteiger partial charge in [0, 0.05) is 12.1 Å². The molecule has 0 aromatic heterocycles. The lowest BCUT2D eigenvalue weighted by atomic mass is 9.88. The first-order valence-electron chi connectivity index (χ1n) is 8.02. The molecule has 3 unspecified atom stereocenters. The van der Waals surface area contributed by atoms with Crippen molar-refractivity contribution < 1.29 is 14.7 Å². The van der Waals surface area contributed by atoms with Crippen molar-refractivity contribution in [2.45, 2.75) is 77.9 Å². The molecule has 3 atom stereocenters. The molecular formula is C16H30N2O3. The van der Waals surface area contributed by atoms with Crippen molar-refractivity contribution in [3.8, 4) is 0 Å². The van der Waals surface area contributed by atoms with E-state index in [1.54, 1.807) is 0 Å². The largest absolute Gasteiger partial charge is 0.480 e. The van der Waals surface area contributed by atoms with Gasteiger partial charge in [0.1, 0.15) is 6.04 Å². The molecule has 0 aromatic rings. The van der Waals surface area contributed by atoms with Crippen molar-refractivity contribution in [1.82, 2.24) is 10.2 Å². The summed E-state index contributed by atoms with van der Waals surface area (Å²) in [6.45, 7) is 10.6. The lowest BCUT2D eigenvalue weighted by Gasteiger charge is -2.40. The molecule has 1 aliphatic rings. The van der Waals surface area contributed by atoms with E-state index in [-0.39, 0.29) is 11.4 Å². The molecule has 2 N–H and O–H groups in total. The Hall–Kier alpha value is -1.10. The maximum Gasteiger partial charge on any atom is 0.320 e. The lowest BCUT2D eigenvalue weighted by Crippen LogP contribution is -2.58. The van der Waals surface area contributed by atoms with Gasteiger partial charge >= 0.3 is 5.97 Å². The van der Waals surface area contributed by atoms with Crippen molar-refractivity contribution in [1.29, 1.82) is 0 Å². The molecule has 0 spiro atoms. The number of hydrogen-bond acceptors (Lipinski definition) is 3. The van der Waals surface area contributed by atoms with Crippen LogP contribution in [0.5, 0.6) is 0 Å². The highest BCUT2D eigenvalue weighted by atomic mass is 16.4. The van der Waals surface area contributed by atoms with Gasteiger partial charge in [-0.1, -0.05) is 20.3 Å². The molecule has 21 heavy (non-hydrogen) atoms. The Kier molecular flexibility index (Phi) is 6.20. The van der Waals surface area contributed by atoms with Gasteiger partial charge in [-0.2, -0.15) is 0 Å². The summed E-state index contributed by atoms with van der Waals surface area (Å²) in [5, 5.41) is 12.5. The van der Waals surface area contributed by atoms with Crippen LogP contribution in [-0.4, -0.2) is 46.1 Å². The van der Waals surface area contributed by atoms with Crippen LogP contribution < -0.4 is 5.32 Å². The first kappa shape index (κ1) is 18.0. The van der Waals surface area contributed by atoms with E-state index in [2.05, 4.69) is 12.2 Å². The number of piperidine rings is 1. The monoisotopic (exact) mass is 298 g/mol. The fraction of sp³-hybridized carbons (Fsp3) is 0.875. The van der Waals surface area contributed by atoms with E-state index < -0.39 is 18.1 Å². The SMILES string of the molecule is CCC1CCN(C(C)C(=O)NC(C)(C)CC)C(C(=O)O)C1. The van der Waals surface area contributed by atoms with Crippen LogP contribution >= 0.6 is 0 Å². The molecule has 1 heterocycles. The highest BCUT2D eigenvalue weighted by Gasteiger charge is 2.38. The Bertz CT molecular complexity index is 382. The van der Waals surface area contributed by atoms with Gasteiger partial charge in [0.25, 0.3) is 0 Å². The number of aliphatic carboxylic acids is 1. The smallest absolute Gasteiger partial charge is 0.320 e. The van der Waals surface area contributed by atoms with Crippen LogP contribution in [0.2, 0.25) is 0 Å². The molecule has 122 valence electrons. The summed E-state index contributed by atoms with van der Waals surface area (Å²) >= 11 is 0. The number of rotatable bonds is 6. The van der Waals surface area contributed by atoms with Gasteiger partial charge in [-0.25, -0.2) is 0 Å². The van der Waals surface area contributed by atoms with Crippen LogP contribution in [-0.2, 0) is 9.59 Å². The van der Waals surface area contributed by atoms with Gasteiger partial charge < -0.3 is 10.4 Å². The average Bonchev–Trinajstić information content (AvgIpc) is 2.45. The summed E-state index contributed by atoms with van der Waals surface area (Å²) in [4.78, 5) is 25.8. The van der Waals surface area contributed by atoms with Crippen molar-refractivity contribution in [3.63, 3.8) is 0 Å². The van der Waals surface area contributed by atoms with Crippen LogP contribution in [0.3, 0.4) is 0 Å². The molecule has 1 rings (SSSR count). The van der Waals surface area contributed by atoms with Crippen LogP contribution in [0.4, 0.5) is 0 Å². The van der Waals surface area contributed by atoms with E-state index in [0.29, 0.717) is 18.9 Å². The van der Waals surface area contributed by atoms with Crippen LogP contribution in [0.25, 0.3) is 0 Å². The molecule has 5 heteroatoms. The van der Waals surface area contributed by atoms with Gasteiger partial charge in [-0.15, -0.1) is 0 Å². The number of carbonyl (C=O) groups is 2. The molecule has 0 saturated carbocycles. The van der Waals surface area contributed by atoms with Gasteiger partial charge in [-0.3, -0.25) is 14.5 Å². The summed E-state index contributed by atoms with van der Waals surface area (Å²) in [5.74, 6) is -0.449. The van der Waals surface area contributed by atoms with Gasteiger partial charge in [-0.05, 0) is 46.0 Å². The highest BCUT2D eigenvalue weighted by molar-refractivity contribution is 5.83. The molecule has 1 saturated heterocycles. The summed E-state index contributed by atoms with van der Waals surface area (Å²) in [7, 11) is 0. The third kappa shape index (κ3) is 4.70. The number of amides is 1. The van der Waals surface area contributed by atoms with E-state index in [4.69, 9.17) is 0 Å². The number of nitrogens with one attached hydrogen (secondary N) is 1. The van der Waals surface area contributed by atoms with E-state index in [1.807, 2.05) is 32.6 Å². The summed E-state index contributed by atoms with van der Waals surface area (Å²) < 4.78 is 0. The molecular weight excluding hydrogens is 268 g/mol. The molecule has 0 aromatic carbocycles. The van der Waals surface area contributed by atoms with E-state index in [0.717, 1.165) is 19.3 Å². The number of hydrogen-bond donors (Lipinski definition) is 2. The number of likely N-dealkylation sites (tertiary alicyclic amines) is 1. The van der Waals surface area contributed by atoms with Crippen molar-refractivity contribution in [2.75, 3.05) is 6.54 Å². The number of nitrogens with zero attached hydrogens (tertiary/aromatic N) is 1. The normalized spacial score (nSPS) is 25.4. The molecule has 1 aliphatic heterocycles. The summed E-state index contributed by atoms with van der Waals surface area (Å²) in [6, 6.07) is -0.955. The molecule has 0 radical (unpaired) electrons. The zero-order valence-corrected chi connectivity index (χ0v) is 14.0. The quantitative estimate of drug-likeness (QED) is 0.789. The molecule has 5 nitrogen and oxygen atoms in total. The maximum atomic E-state index is 12.4. The van der Waals surface area contributed by atoms with Gasteiger partial charge in [0.2, 0.25) is 5.91 Å². The minimum atomic E-state index is -0.817. The van der Waals surface area contributed by atoms with Crippen molar-refractivity contribution >= 4 is 11.9 Å². The van der Waals surface area contributed by atoms with Gasteiger partial charge in [0.05, 0.1) is 6.04 Å². The number of carboxylic acids is 1. The second-order valence-corrected chi connectivity index (χ2v) is 6.79. The molecule has 1 fully saturated rings.